The molecule has 24 heavy (non-hydrogen) atoms. The Morgan fingerprint density at radius 3 is 2.08 bits per heavy atom. The third-order valence-corrected chi connectivity index (χ3v) is 4.08. The molecule has 0 unspecified atom stereocenters. The van der Waals surface area contributed by atoms with Crippen molar-refractivity contribution in [2.75, 3.05) is 19.1 Å². The maximum absolute atomic E-state index is 12.9. The van der Waals surface area contributed by atoms with E-state index in [1.54, 1.807) is 48.5 Å². The summed E-state index contributed by atoms with van der Waals surface area (Å²) in [5, 5.41) is -0.143. The molecular formula is C18H14ClNO4. The van der Waals surface area contributed by atoms with Gasteiger partial charge in [-0.2, -0.15) is 0 Å². The number of imide groups is 1. The molecule has 1 aliphatic rings. The lowest BCUT2D eigenvalue weighted by atomic mass is 10.0. The average molecular weight is 344 g/mol. The van der Waals surface area contributed by atoms with Crippen LogP contribution in [0, 0.1) is 0 Å². The zero-order valence-corrected chi connectivity index (χ0v) is 13.8. The lowest BCUT2D eigenvalue weighted by Crippen LogP contribution is -2.31. The summed E-state index contributed by atoms with van der Waals surface area (Å²) in [5.74, 6) is -0.232. The van der Waals surface area contributed by atoms with Crippen LogP contribution in [0.1, 0.15) is 5.56 Å². The van der Waals surface area contributed by atoms with Crippen LogP contribution in [-0.2, 0) is 9.59 Å². The monoisotopic (exact) mass is 343 g/mol. The van der Waals surface area contributed by atoms with Gasteiger partial charge < -0.3 is 9.47 Å². The van der Waals surface area contributed by atoms with Crippen molar-refractivity contribution in [3.05, 3.63) is 59.1 Å². The number of amides is 2. The predicted octanol–water partition coefficient (Wildman–Crippen LogP) is 3.23. The van der Waals surface area contributed by atoms with Crippen LogP contribution in [0.3, 0.4) is 0 Å². The number of rotatable bonds is 4. The van der Waals surface area contributed by atoms with Crippen molar-refractivity contribution in [2.45, 2.75) is 0 Å². The molecular weight excluding hydrogens is 330 g/mol. The summed E-state index contributed by atoms with van der Waals surface area (Å²) >= 11 is 6.20. The first kappa shape index (κ1) is 16.1. The van der Waals surface area contributed by atoms with E-state index >= 15 is 0 Å². The number of para-hydroxylation sites is 3. The summed E-state index contributed by atoms with van der Waals surface area (Å²) in [4.78, 5) is 26.5. The second-order valence-corrected chi connectivity index (χ2v) is 5.38. The number of carbonyl (C=O) groups excluding carboxylic acids is 2. The second kappa shape index (κ2) is 6.37. The Balaban J connectivity index is 2.12. The van der Waals surface area contributed by atoms with Crippen LogP contribution in [0.25, 0.3) is 5.57 Å². The Morgan fingerprint density at radius 2 is 1.42 bits per heavy atom. The minimum atomic E-state index is -0.591. The molecule has 6 heteroatoms. The Morgan fingerprint density at radius 1 is 0.833 bits per heavy atom. The van der Waals surface area contributed by atoms with Gasteiger partial charge in [-0.3, -0.25) is 9.59 Å². The number of carbonyl (C=O) groups is 2. The maximum Gasteiger partial charge on any atom is 0.277 e. The first-order chi connectivity index (χ1) is 11.6. The highest BCUT2D eigenvalue weighted by atomic mass is 35.5. The molecule has 2 aromatic carbocycles. The summed E-state index contributed by atoms with van der Waals surface area (Å²) in [6.07, 6.45) is 0. The lowest BCUT2D eigenvalue weighted by molar-refractivity contribution is -0.119. The van der Waals surface area contributed by atoms with Crippen LogP contribution < -0.4 is 14.4 Å². The topological polar surface area (TPSA) is 55.8 Å². The van der Waals surface area contributed by atoms with E-state index in [2.05, 4.69) is 0 Å². The molecule has 0 saturated carbocycles. The zero-order valence-electron chi connectivity index (χ0n) is 13.1. The van der Waals surface area contributed by atoms with Crippen LogP contribution in [0.4, 0.5) is 5.69 Å². The fourth-order valence-corrected chi connectivity index (χ4v) is 2.89. The summed E-state index contributed by atoms with van der Waals surface area (Å²) in [6, 6.07) is 13.7. The third-order valence-electron chi connectivity index (χ3n) is 3.73. The molecule has 2 aromatic rings. The molecule has 2 amide bonds. The molecule has 0 fully saturated rings. The standard InChI is InChI=1S/C18H14ClNO4/c1-23-13-9-5-3-7-11(13)15-16(19)18(22)20(17(15)21)12-8-4-6-10-14(12)24-2/h3-10H,1-2H3. The van der Waals surface area contributed by atoms with Gasteiger partial charge in [0.25, 0.3) is 11.8 Å². The van der Waals surface area contributed by atoms with E-state index in [0.717, 1.165) is 4.90 Å². The quantitative estimate of drug-likeness (QED) is 0.800. The molecule has 122 valence electrons. The van der Waals surface area contributed by atoms with Gasteiger partial charge in [-0.25, -0.2) is 4.90 Å². The van der Waals surface area contributed by atoms with E-state index in [1.807, 2.05) is 0 Å². The number of anilines is 1. The molecule has 0 radical (unpaired) electrons. The van der Waals surface area contributed by atoms with Crippen molar-refractivity contribution < 1.29 is 19.1 Å². The minimum absolute atomic E-state index is 0.116. The maximum atomic E-state index is 12.9. The van der Waals surface area contributed by atoms with Crippen molar-refractivity contribution >= 4 is 34.7 Å². The number of benzene rings is 2. The highest BCUT2D eigenvalue weighted by Gasteiger charge is 2.41. The molecule has 5 nitrogen and oxygen atoms in total. The Labute approximate surface area is 144 Å². The highest BCUT2D eigenvalue weighted by Crippen LogP contribution is 2.40. The molecule has 3 rings (SSSR count). The van der Waals surface area contributed by atoms with E-state index in [-0.39, 0.29) is 10.6 Å². The van der Waals surface area contributed by atoms with Gasteiger partial charge >= 0.3 is 0 Å². The predicted molar refractivity (Wildman–Crippen MR) is 91.3 cm³/mol. The van der Waals surface area contributed by atoms with E-state index in [9.17, 15) is 9.59 Å². The van der Waals surface area contributed by atoms with Gasteiger partial charge in [-0.1, -0.05) is 41.9 Å². The van der Waals surface area contributed by atoms with Crippen LogP contribution in [0.2, 0.25) is 0 Å². The van der Waals surface area contributed by atoms with Crippen molar-refractivity contribution in [2.24, 2.45) is 0 Å². The summed E-state index contributed by atoms with van der Waals surface area (Å²) in [7, 11) is 2.96. The Kier molecular flexibility index (Phi) is 4.27. The van der Waals surface area contributed by atoms with Crippen molar-refractivity contribution in [3.8, 4) is 11.5 Å². The summed E-state index contributed by atoms with van der Waals surface area (Å²) < 4.78 is 10.5. The molecule has 0 aliphatic carbocycles. The number of hydrogen-bond acceptors (Lipinski definition) is 4. The molecule has 0 bridgehead atoms. The van der Waals surface area contributed by atoms with E-state index < -0.39 is 11.8 Å². The molecule has 0 spiro atoms. The molecule has 0 saturated heterocycles. The number of methoxy groups -OCH3 is 2. The van der Waals surface area contributed by atoms with E-state index in [0.29, 0.717) is 22.7 Å². The van der Waals surface area contributed by atoms with Crippen molar-refractivity contribution in [3.63, 3.8) is 0 Å². The second-order valence-electron chi connectivity index (χ2n) is 5.01. The van der Waals surface area contributed by atoms with Crippen LogP contribution >= 0.6 is 11.6 Å². The first-order valence-corrected chi connectivity index (χ1v) is 7.53. The largest absolute Gasteiger partial charge is 0.496 e. The van der Waals surface area contributed by atoms with E-state index in [1.165, 1.54) is 14.2 Å². The fourth-order valence-electron chi connectivity index (χ4n) is 2.62. The average Bonchev–Trinajstić information content (AvgIpc) is 2.84. The van der Waals surface area contributed by atoms with Gasteiger partial charge in [0.15, 0.2) is 0 Å². The number of ether oxygens (including phenoxy) is 2. The number of hydrogen-bond donors (Lipinski definition) is 0. The molecule has 0 N–H and O–H groups in total. The van der Waals surface area contributed by atoms with Crippen molar-refractivity contribution in [1.29, 1.82) is 0 Å². The van der Waals surface area contributed by atoms with Gasteiger partial charge in [-0.05, 0) is 18.2 Å². The normalized spacial score (nSPS) is 14.4. The van der Waals surface area contributed by atoms with Gasteiger partial charge in [0, 0.05) is 5.56 Å². The molecule has 0 atom stereocenters. The molecule has 0 aromatic heterocycles. The zero-order chi connectivity index (χ0) is 17.3. The summed E-state index contributed by atoms with van der Waals surface area (Å²) in [6.45, 7) is 0. The SMILES string of the molecule is COc1ccccc1C1=C(Cl)C(=O)N(c2ccccc2OC)C1=O. The van der Waals surface area contributed by atoms with E-state index in [4.69, 9.17) is 21.1 Å². The van der Waals surface area contributed by atoms with Gasteiger partial charge in [0.1, 0.15) is 16.5 Å². The lowest BCUT2D eigenvalue weighted by Gasteiger charge is -2.18. The molecule has 1 aliphatic heterocycles. The number of nitrogens with zero attached hydrogens (tertiary/aromatic N) is 1. The fraction of sp³-hybridized carbons (Fsp3) is 0.111. The number of halogens is 1. The first-order valence-electron chi connectivity index (χ1n) is 7.15. The summed E-state index contributed by atoms with van der Waals surface area (Å²) in [5.41, 5.74) is 0.934. The van der Waals surface area contributed by atoms with Gasteiger partial charge in [0.05, 0.1) is 25.5 Å². The Hall–Kier alpha value is -2.79. The van der Waals surface area contributed by atoms with Crippen LogP contribution in [0.5, 0.6) is 11.5 Å². The third kappa shape index (κ3) is 2.43. The van der Waals surface area contributed by atoms with Gasteiger partial charge in [0.2, 0.25) is 0 Å². The van der Waals surface area contributed by atoms with Gasteiger partial charge in [-0.15, -0.1) is 0 Å². The minimum Gasteiger partial charge on any atom is -0.496 e. The van der Waals surface area contributed by atoms with Crippen molar-refractivity contribution in [1.82, 2.24) is 0 Å². The highest BCUT2D eigenvalue weighted by molar-refractivity contribution is 6.60. The van der Waals surface area contributed by atoms with Crippen LogP contribution in [-0.4, -0.2) is 26.0 Å². The molecule has 1 heterocycles. The smallest absolute Gasteiger partial charge is 0.277 e. The Bertz CT molecular complexity index is 860. The van der Waals surface area contributed by atoms with Crippen LogP contribution in [0.15, 0.2) is 53.6 Å².